The zero-order valence-corrected chi connectivity index (χ0v) is 8.06. The monoisotopic (exact) mass is 169 g/mol. The molecule has 0 aliphatic carbocycles. The van der Waals surface area contributed by atoms with Crippen molar-refractivity contribution < 1.29 is 0 Å². The van der Waals surface area contributed by atoms with Crippen LogP contribution in [0, 0.1) is 16.7 Å². The first kappa shape index (κ1) is 11.4. The predicted octanol–water partition coefficient (Wildman–Crippen LogP) is 0.865. The fourth-order valence-electron chi connectivity index (χ4n) is 1.01. The highest BCUT2D eigenvalue weighted by Gasteiger charge is 2.15. The molecule has 70 valence electrons. The molecule has 0 fully saturated rings. The van der Waals surface area contributed by atoms with Crippen LogP contribution < -0.4 is 11.1 Å². The second-order valence-electron chi connectivity index (χ2n) is 3.79. The van der Waals surface area contributed by atoms with Crippen molar-refractivity contribution in [1.29, 1.82) is 5.26 Å². The van der Waals surface area contributed by atoms with Gasteiger partial charge in [0.25, 0.3) is 0 Å². The van der Waals surface area contributed by atoms with Gasteiger partial charge in [0.05, 0.1) is 6.07 Å². The molecule has 0 aromatic heterocycles. The van der Waals surface area contributed by atoms with Gasteiger partial charge in [-0.3, -0.25) is 0 Å². The summed E-state index contributed by atoms with van der Waals surface area (Å²) >= 11 is 0. The molecule has 0 aliphatic heterocycles. The van der Waals surface area contributed by atoms with Crippen LogP contribution in [0.1, 0.15) is 26.7 Å². The normalized spacial score (nSPS) is 11.2. The highest BCUT2D eigenvalue weighted by Crippen LogP contribution is 2.20. The van der Waals surface area contributed by atoms with Gasteiger partial charge in [0.2, 0.25) is 0 Å². The maximum atomic E-state index is 8.41. The minimum Gasteiger partial charge on any atom is -0.329 e. The van der Waals surface area contributed by atoms with Crippen molar-refractivity contribution in [3.05, 3.63) is 0 Å². The summed E-state index contributed by atoms with van der Waals surface area (Å²) < 4.78 is 0. The van der Waals surface area contributed by atoms with Gasteiger partial charge in [0, 0.05) is 26.1 Å². The minimum atomic E-state index is 0.213. The number of hydrogen-bond acceptors (Lipinski definition) is 3. The Morgan fingerprint density at radius 1 is 1.50 bits per heavy atom. The molecule has 0 rings (SSSR count). The van der Waals surface area contributed by atoms with E-state index in [9.17, 15) is 0 Å². The Morgan fingerprint density at radius 3 is 2.67 bits per heavy atom. The third kappa shape index (κ3) is 6.14. The smallest absolute Gasteiger partial charge is 0.0621 e. The number of nitrogens with two attached hydrogens (primary N) is 1. The fraction of sp³-hybridized carbons (Fsp3) is 0.889. The number of nitrogens with zero attached hydrogens (tertiary/aromatic N) is 1. The Bertz CT molecular complexity index is 146. The summed E-state index contributed by atoms with van der Waals surface area (Å²) in [5.41, 5.74) is 5.56. The topological polar surface area (TPSA) is 61.8 Å². The lowest BCUT2D eigenvalue weighted by Gasteiger charge is -2.23. The number of rotatable bonds is 6. The number of nitrogens with one attached hydrogen (secondary N) is 1. The zero-order valence-electron chi connectivity index (χ0n) is 8.06. The molecule has 0 saturated heterocycles. The second kappa shape index (κ2) is 5.99. The maximum absolute atomic E-state index is 8.41. The zero-order chi connectivity index (χ0) is 9.45. The summed E-state index contributed by atoms with van der Waals surface area (Å²) in [5, 5.41) is 11.7. The predicted molar refractivity (Wildman–Crippen MR) is 50.6 cm³/mol. The minimum absolute atomic E-state index is 0.213. The lowest BCUT2D eigenvalue weighted by Crippen LogP contribution is -2.32. The van der Waals surface area contributed by atoms with Crippen molar-refractivity contribution in [2.75, 3.05) is 19.6 Å². The Hall–Kier alpha value is -0.590. The molecule has 0 aromatic carbocycles. The molecular formula is C9H19N3. The molecule has 0 amide bonds. The standard InChI is InChI=1S/C9H19N3/c1-9(2,4-3-5-10)8-12-7-6-11/h12H,3-4,6-8,11H2,1-2H3. The molecule has 0 saturated carbocycles. The van der Waals surface area contributed by atoms with Gasteiger partial charge in [-0.05, 0) is 11.8 Å². The van der Waals surface area contributed by atoms with Gasteiger partial charge in [-0.2, -0.15) is 5.26 Å². The largest absolute Gasteiger partial charge is 0.329 e. The van der Waals surface area contributed by atoms with Gasteiger partial charge in [0.15, 0.2) is 0 Å². The van der Waals surface area contributed by atoms with E-state index in [2.05, 4.69) is 25.2 Å². The van der Waals surface area contributed by atoms with Crippen LogP contribution in [-0.4, -0.2) is 19.6 Å². The fourth-order valence-corrected chi connectivity index (χ4v) is 1.01. The van der Waals surface area contributed by atoms with Crippen LogP contribution in [0.2, 0.25) is 0 Å². The highest BCUT2D eigenvalue weighted by molar-refractivity contribution is 4.78. The van der Waals surface area contributed by atoms with Crippen LogP contribution in [0.3, 0.4) is 0 Å². The Balaban J connectivity index is 3.50. The molecule has 0 bridgehead atoms. The molecule has 3 N–H and O–H groups in total. The Labute approximate surface area is 74.9 Å². The first-order valence-electron chi connectivity index (χ1n) is 4.40. The van der Waals surface area contributed by atoms with Crippen molar-refractivity contribution in [2.45, 2.75) is 26.7 Å². The van der Waals surface area contributed by atoms with Gasteiger partial charge in [0.1, 0.15) is 0 Å². The van der Waals surface area contributed by atoms with Gasteiger partial charge < -0.3 is 11.1 Å². The Morgan fingerprint density at radius 2 is 2.17 bits per heavy atom. The highest BCUT2D eigenvalue weighted by atomic mass is 14.9. The summed E-state index contributed by atoms with van der Waals surface area (Å²) in [6.45, 7) is 6.79. The molecule has 0 aromatic rings. The van der Waals surface area contributed by atoms with Crippen LogP contribution in [-0.2, 0) is 0 Å². The van der Waals surface area contributed by atoms with Gasteiger partial charge in [-0.25, -0.2) is 0 Å². The van der Waals surface area contributed by atoms with Crippen molar-refractivity contribution in [1.82, 2.24) is 5.32 Å². The third-order valence-corrected chi connectivity index (χ3v) is 1.84. The van der Waals surface area contributed by atoms with Crippen molar-refractivity contribution >= 4 is 0 Å². The van der Waals surface area contributed by atoms with E-state index in [1.165, 1.54) is 0 Å². The van der Waals surface area contributed by atoms with E-state index in [4.69, 9.17) is 11.0 Å². The van der Waals surface area contributed by atoms with Crippen molar-refractivity contribution in [2.24, 2.45) is 11.1 Å². The van der Waals surface area contributed by atoms with E-state index in [-0.39, 0.29) is 5.41 Å². The van der Waals surface area contributed by atoms with Gasteiger partial charge in [-0.1, -0.05) is 13.8 Å². The van der Waals surface area contributed by atoms with Crippen LogP contribution in [0.4, 0.5) is 0 Å². The van der Waals surface area contributed by atoms with E-state index >= 15 is 0 Å². The SMILES string of the molecule is CC(C)(CCC#N)CNCCN. The quantitative estimate of drug-likeness (QED) is 0.580. The molecule has 0 heterocycles. The van der Waals surface area contributed by atoms with E-state index in [0.29, 0.717) is 13.0 Å². The average Bonchev–Trinajstić information content (AvgIpc) is 2.01. The molecule has 0 aliphatic rings. The van der Waals surface area contributed by atoms with Gasteiger partial charge in [-0.15, -0.1) is 0 Å². The van der Waals surface area contributed by atoms with E-state index < -0.39 is 0 Å². The summed E-state index contributed by atoms with van der Waals surface area (Å²) in [7, 11) is 0. The van der Waals surface area contributed by atoms with E-state index in [0.717, 1.165) is 19.5 Å². The molecular weight excluding hydrogens is 150 g/mol. The summed E-state index contributed by atoms with van der Waals surface area (Å²) in [4.78, 5) is 0. The van der Waals surface area contributed by atoms with Gasteiger partial charge >= 0.3 is 0 Å². The molecule has 3 heteroatoms. The molecule has 0 atom stereocenters. The number of nitriles is 1. The second-order valence-corrected chi connectivity index (χ2v) is 3.79. The Kier molecular flexibility index (Phi) is 5.69. The van der Waals surface area contributed by atoms with Crippen LogP contribution >= 0.6 is 0 Å². The van der Waals surface area contributed by atoms with Crippen LogP contribution in [0.5, 0.6) is 0 Å². The van der Waals surface area contributed by atoms with E-state index in [1.807, 2.05) is 0 Å². The first-order valence-corrected chi connectivity index (χ1v) is 4.40. The summed E-state index contributed by atoms with van der Waals surface area (Å²) in [6.07, 6.45) is 1.58. The molecule has 0 radical (unpaired) electrons. The van der Waals surface area contributed by atoms with Crippen LogP contribution in [0.15, 0.2) is 0 Å². The first-order chi connectivity index (χ1) is 5.62. The van der Waals surface area contributed by atoms with Crippen molar-refractivity contribution in [3.63, 3.8) is 0 Å². The third-order valence-electron chi connectivity index (χ3n) is 1.84. The lowest BCUT2D eigenvalue weighted by atomic mass is 9.88. The van der Waals surface area contributed by atoms with Crippen LogP contribution in [0.25, 0.3) is 0 Å². The maximum Gasteiger partial charge on any atom is 0.0621 e. The lowest BCUT2D eigenvalue weighted by molar-refractivity contribution is 0.320. The van der Waals surface area contributed by atoms with Crippen molar-refractivity contribution in [3.8, 4) is 6.07 Å². The molecule has 12 heavy (non-hydrogen) atoms. The molecule has 0 unspecified atom stereocenters. The summed E-state index contributed by atoms with van der Waals surface area (Å²) in [5.74, 6) is 0. The molecule has 3 nitrogen and oxygen atoms in total. The summed E-state index contributed by atoms with van der Waals surface area (Å²) in [6, 6.07) is 2.16. The molecule has 0 spiro atoms. The average molecular weight is 169 g/mol. The van der Waals surface area contributed by atoms with E-state index in [1.54, 1.807) is 0 Å². The number of hydrogen-bond donors (Lipinski definition) is 2.